The number of nitrogens with zero attached hydrogens (tertiary/aromatic N) is 2. The summed E-state index contributed by atoms with van der Waals surface area (Å²) >= 11 is 0. The minimum atomic E-state index is -0.673. The van der Waals surface area contributed by atoms with E-state index in [-0.39, 0.29) is 18.5 Å². The highest BCUT2D eigenvalue weighted by molar-refractivity contribution is 5.89. The van der Waals surface area contributed by atoms with Gasteiger partial charge in [0.15, 0.2) is 11.5 Å². The third-order valence-electron chi connectivity index (χ3n) is 6.02. The van der Waals surface area contributed by atoms with Crippen molar-refractivity contribution in [2.75, 3.05) is 38.1 Å². The highest BCUT2D eigenvalue weighted by atomic mass is 16.6. The summed E-state index contributed by atoms with van der Waals surface area (Å²) in [6.07, 6.45) is -0.673. The van der Waals surface area contributed by atoms with E-state index in [1.165, 1.54) is 0 Å². The molecule has 1 fully saturated rings. The Hall–Kier alpha value is -4.20. The lowest BCUT2D eigenvalue weighted by Crippen LogP contribution is -2.55. The van der Waals surface area contributed by atoms with Gasteiger partial charge in [-0.25, -0.2) is 4.79 Å². The Labute approximate surface area is 204 Å². The molecule has 2 aliphatic heterocycles. The number of carbonyl (C=O) groups is 2. The van der Waals surface area contributed by atoms with Gasteiger partial charge in [-0.1, -0.05) is 42.5 Å². The maximum atomic E-state index is 12.9. The SMILES string of the molecule is O=C(Nc1ccc(OCc2ccccc2)cc1)N1CCN(C(=O)[C@@H]2COc3ccccc3O2)CC1. The summed E-state index contributed by atoms with van der Waals surface area (Å²) in [4.78, 5) is 29.0. The van der Waals surface area contributed by atoms with E-state index in [1.807, 2.05) is 72.8 Å². The van der Waals surface area contributed by atoms with Gasteiger partial charge in [-0.3, -0.25) is 4.79 Å². The quantitative estimate of drug-likeness (QED) is 0.610. The van der Waals surface area contributed by atoms with Crippen LogP contribution in [0.15, 0.2) is 78.9 Å². The van der Waals surface area contributed by atoms with Crippen LogP contribution in [0.2, 0.25) is 0 Å². The Kier molecular flexibility index (Phi) is 6.70. The van der Waals surface area contributed by atoms with Crippen molar-refractivity contribution >= 4 is 17.6 Å². The Balaban J connectivity index is 1.08. The van der Waals surface area contributed by atoms with Crippen molar-refractivity contribution in [1.29, 1.82) is 0 Å². The van der Waals surface area contributed by atoms with Gasteiger partial charge in [0.05, 0.1) is 0 Å². The first-order chi connectivity index (χ1) is 17.2. The van der Waals surface area contributed by atoms with E-state index in [1.54, 1.807) is 15.9 Å². The summed E-state index contributed by atoms with van der Waals surface area (Å²) in [5.41, 5.74) is 1.78. The minimum absolute atomic E-state index is 0.120. The third kappa shape index (κ3) is 5.48. The minimum Gasteiger partial charge on any atom is -0.489 e. The molecular formula is C27H27N3O5. The number of fused-ring (bicyclic) bond motifs is 1. The molecule has 8 heteroatoms. The van der Waals surface area contributed by atoms with E-state index in [2.05, 4.69) is 5.32 Å². The molecule has 35 heavy (non-hydrogen) atoms. The number of amides is 3. The Morgan fingerprint density at radius 3 is 2.23 bits per heavy atom. The Morgan fingerprint density at radius 2 is 1.49 bits per heavy atom. The number of carbonyl (C=O) groups excluding carboxylic acids is 2. The number of benzene rings is 3. The molecule has 2 aliphatic rings. The molecule has 0 aromatic heterocycles. The maximum Gasteiger partial charge on any atom is 0.321 e. The van der Waals surface area contributed by atoms with Crippen molar-refractivity contribution in [2.24, 2.45) is 0 Å². The molecule has 1 N–H and O–H groups in total. The van der Waals surface area contributed by atoms with Crippen LogP contribution in [0.4, 0.5) is 10.5 Å². The monoisotopic (exact) mass is 473 g/mol. The Morgan fingerprint density at radius 1 is 0.829 bits per heavy atom. The molecule has 1 atom stereocenters. The fourth-order valence-corrected chi connectivity index (χ4v) is 4.05. The number of para-hydroxylation sites is 2. The van der Waals surface area contributed by atoms with Gasteiger partial charge >= 0.3 is 6.03 Å². The molecule has 3 amide bonds. The summed E-state index contributed by atoms with van der Waals surface area (Å²) in [5, 5.41) is 2.91. The fourth-order valence-electron chi connectivity index (χ4n) is 4.05. The number of hydrogen-bond donors (Lipinski definition) is 1. The summed E-state index contributed by atoms with van der Waals surface area (Å²) in [7, 11) is 0. The average Bonchev–Trinajstić information content (AvgIpc) is 2.92. The molecule has 0 saturated carbocycles. The van der Waals surface area contributed by atoms with Crippen molar-refractivity contribution in [3.05, 3.63) is 84.4 Å². The Bertz CT molecular complexity index is 1160. The van der Waals surface area contributed by atoms with E-state index in [4.69, 9.17) is 14.2 Å². The second-order valence-electron chi connectivity index (χ2n) is 8.41. The molecule has 180 valence electrons. The zero-order valence-corrected chi connectivity index (χ0v) is 19.3. The van der Waals surface area contributed by atoms with Crippen LogP contribution < -0.4 is 19.5 Å². The molecule has 0 bridgehead atoms. The van der Waals surface area contributed by atoms with Gasteiger partial charge in [0.1, 0.15) is 19.0 Å². The van der Waals surface area contributed by atoms with Crippen LogP contribution in [0.25, 0.3) is 0 Å². The predicted molar refractivity (Wildman–Crippen MR) is 131 cm³/mol. The van der Waals surface area contributed by atoms with Crippen LogP contribution in [0.5, 0.6) is 17.2 Å². The lowest BCUT2D eigenvalue weighted by Gasteiger charge is -2.37. The first kappa shape index (κ1) is 22.6. The fraction of sp³-hybridized carbons (Fsp3) is 0.259. The number of nitrogens with one attached hydrogen (secondary N) is 1. The van der Waals surface area contributed by atoms with Crippen LogP contribution >= 0.6 is 0 Å². The molecule has 2 heterocycles. The first-order valence-electron chi connectivity index (χ1n) is 11.7. The van der Waals surface area contributed by atoms with Gasteiger partial charge < -0.3 is 29.3 Å². The summed E-state index contributed by atoms with van der Waals surface area (Å²) in [6, 6.07) is 24.4. The summed E-state index contributed by atoms with van der Waals surface area (Å²) in [6.45, 7) is 2.45. The van der Waals surface area contributed by atoms with Crippen LogP contribution in [0.1, 0.15) is 5.56 Å². The van der Waals surface area contributed by atoms with Crippen LogP contribution in [0, 0.1) is 0 Å². The van der Waals surface area contributed by atoms with E-state index in [0.717, 1.165) is 11.3 Å². The summed E-state index contributed by atoms with van der Waals surface area (Å²) < 4.78 is 17.3. The van der Waals surface area contributed by atoms with Crippen LogP contribution in [-0.4, -0.2) is 60.6 Å². The zero-order chi connectivity index (χ0) is 24.0. The molecule has 3 aromatic carbocycles. The molecule has 0 radical (unpaired) electrons. The van der Waals surface area contributed by atoms with Crippen LogP contribution in [0.3, 0.4) is 0 Å². The largest absolute Gasteiger partial charge is 0.489 e. The molecule has 1 saturated heterocycles. The highest BCUT2D eigenvalue weighted by Crippen LogP contribution is 2.31. The van der Waals surface area contributed by atoms with Gasteiger partial charge in [0.2, 0.25) is 6.10 Å². The highest BCUT2D eigenvalue weighted by Gasteiger charge is 2.33. The third-order valence-corrected chi connectivity index (χ3v) is 6.02. The van der Waals surface area contributed by atoms with Gasteiger partial charge in [-0.15, -0.1) is 0 Å². The normalized spacial score (nSPS) is 17.0. The number of rotatable bonds is 5. The maximum absolute atomic E-state index is 12.9. The number of anilines is 1. The molecule has 5 rings (SSSR count). The second kappa shape index (κ2) is 10.4. The van der Waals surface area contributed by atoms with Gasteiger partial charge in [0.25, 0.3) is 5.91 Å². The zero-order valence-electron chi connectivity index (χ0n) is 19.3. The van der Waals surface area contributed by atoms with Gasteiger partial charge in [-0.05, 0) is 42.0 Å². The molecule has 0 spiro atoms. The standard InChI is InChI=1S/C27H27N3O5/c31-26(25-19-34-23-8-4-5-9-24(23)35-25)29-14-16-30(17-15-29)27(32)28-21-10-12-22(13-11-21)33-18-20-6-2-1-3-7-20/h1-13,25H,14-19H2,(H,28,32)/t25-/m0/s1. The number of piperazine rings is 1. The number of urea groups is 1. The van der Waals surface area contributed by atoms with Crippen molar-refractivity contribution in [3.8, 4) is 17.2 Å². The van der Waals surface area contributed by atoms with E-state index >= 15 is 0 Å². The smallest absolute Gasteiger partial charge is 0.321 e. The molecular weight excluding hydrogens is 446 g/mol. The van der Waals surface area contributed by atoms with Gasteiger partial charge in [-0.2, -0.15) is 0 Å². The van der Waals surface area contributed by atoms with Crippen LogP contribution in [-0.2, 0) is 11.4 Å². The van der Waals surface area contributed by atoms with E-state index in [0.29, 0.717) is 50.0 Å². The average molecular weight is 474 g/mol. The number of ether oxygens (including phenoxy) is 3. The topological polar surface area (TPSA) is 80.3 Å². The van der Waals surface area contributed by atoms with Crippen molar-refractivity contribution in [2.45, 2.75) is 12.7 Å². The van der Waals surface area contributed by atoms with E-state index in [9.17, 15) is 9.59 Å². The predicted octanol–water partition coefficient (Wildman–Crippen LogP) is 3.78. The van der Waals surface area contributed by atoms with Gasteiger partial charge in [0, 0.05) is 31.9 Å². The molecule has 0 unspecified atom stereocenters. The van der Waals surface area contributed by atoms with Crippen molar-refractivity contribution in [3.63, 3.8) is 0 Å². The summed E-state index contributed by atoms with van der Waals surface area (Å²) in [5.74, 6) is 1.83. The molecule has 3 aromatic rings. The van der Waals surface area contributed by atoms with Crippen molar-refractivity contribution in [1.82, 2.24) is 9.80 Å². The number of hydrogen-bond acceptors (Lipinski definition) is 5. The van der Waals surface area contributed by atoms with Crippen molar-refractivity contribution < 1.29 is 23.8 Å². The second-order valence-corrected chi connectivity index (χ2v) is 8.41. The molecule has 8 nitrogen and oxygen atoms in total. The lowest BCUT2D eigenvalue weighted by atomic mass is 10.2. The molecule has 0 aliphatic carbocycles. The lowest BCUT2D eigenvalue weighted by molar-refractivity contribution is -0.142. The first-order valence-corrected chi connectivity index (χ1v) is 11.7. The van der Waals surface area contributed by atoms with E-state index < -0.39 is 6.10 Å².